The molecule has 0 aliphatic rings. The summed E-state index contributed by atoms with van der Waals surface area (Å²) >= 11 is 0. The summed E-state index contributed by atoms with van der Waals surface area (Å²) in [7, 11) is 0.417. The van der Waals surface area contributed by atoms with Crippen LogP contribution in [0.3, 0.4) is 0 Å². The zero-order chi connectivity index (χ0) is 12.5. The molecule has 0 aliphatic heterocycles. The fourth-order valence-corrected chi connectivity index (χ4v) is 1.43. The lowest BCUT2D eigenvalue weighted by Crippen LogP contribution is -2.27. The van der Waals surface area contributed by atoms with Gasteiger partial charge in [0, 0.05) is 6.42 Å². The molecule has 1 aromatic carbocycles. The highest BCUT2D eigenvalue weighted by Gasteiger charge is 2.24. The third-order valence-corrected chi connectivity index (χ3v) is 3.45. The van der Waals surface area contributed by atoms with Gasteiger partial charge >= 0.3 is 0 Å². The van der Waals surface area contributed by atoms with Gasteiger partial charge in [-0.3, -0.25) is 0 Å². The predicted molar refractivity (Wildman–Crippen MR) is 55.1 cm³/mol. The molecule has 0 aliphatic carbocycles. The van der Waals surface area contributed by atoms with Gasteiger partial charge in [-0.25, -0.2) is 17.6 Å². The molecule has 0 atom stereocenters. The summed E-state index contributed by atoms with van der Waals surface area (Å²) in [6, 6.07) is 0.663. The molecule has 0 aromatic heterocycles. The highest BCUT2D eigenvalue weighted by molar-refractivity contribution is 5.98. The SMILES string of the molecule is CC(C)(Cc1cc(F)c(F)c(F)c1F)O[SiH3]. The Balaban J connectivity index is 3.16. The second-order valence-electron chi connectivity index (χ2n) is 4.10. The van der Waals surface area contributed by atoms with Gasteiger partial charge in [0.1, 0.15) is 10.5 Å². The van der Waals surface area contributed by atoms with Gasteiger partial charge in [-0.15, -0.1) is 0 Å². The molecule has 0 unspecified atom stereocenters. The maximum atomic E-state index is 13.3. The van der Waals surface area contributed by atoms with Crippen LogP contribution in [-0.2, 0) is 10.8 Å². The van der Waals surface area contributed by atoms with Gasteiger partial charge < -0.3 is 4.43 Å². The van der Waals surface area contributed by atoms with Crippen molar-refractivity contribution in [2.45, 2.75) is 25.9 Å². The molecular weight excluding hydrogens is 240 g/mol. The number of halogens is 4. The van der Waals surface area contributed by atoms with Crippen molar-refractivity contribution < 1.29 is 22.0 Å². The number of rotatable bonds is 3. The average molecular weight is 252 g/mol. The topological polar surface area (TPSA) is 9.23 Å². The maximum absolute atomic E-state index is 13.3. The summed E-state index contributed by atoms with van der Waals surface area (Å²) in [5, 5.41) is 0. The van der Waals surface area contributed by atoms with E-state index in [2.05, 4.69) is 0 Å². The Hall–Kier alpha value is -0.883. The first kappa shape index (κ1) is 13.2. The van der Waals surface area contributed by atoms with E-state index in [1.165, 1.54) is 0 Å². The molecule has 0 fully saturated rings. The van der Waals surface area contributed by atoms with Crippen molar-refractivity contribution in [3.63, 3.8) is 0 Å². The van der Waals surface area contributed by atoms with Crippen LogP contribution in [-0.4, -0.2) is 16.1 Å². The summed E-state index contributed by atoms with van der Waals surface area (Å²) in [5.74, 6) is -6.31. The first-order chi connectivity index (χ1) is 7.28. The zero-order valence-electron chi connectivity index (χ0n) is 9.20. The van der Waals surface area contributed by atoms with Gasteiger partial charge in [0.15, 0.2) is 23.3 Å². The van der Waals surface area contributed by atoms with Crippen LogP contribution in [0.2, 0.25) is 0 Å². The first-order valence-electron chi connectivity index (χ1n) is 4.65. The van der Waals surface area contributed by atoms with Crippen molar-refractivity contribution in [3.05, 3.63) is 34.9 Å². The van der Waals surface area contributed by atoms with Crippen molar-refractivity contribution >= 4 is 10.5 Å². The summed E-state index contributed by atoms with van der Waals surface area (Å²) in [5.41, 5.74) is -0.943. The molecule has 90 valence electrons. The van der Waals surface area contributed by atoms with E-state index in [-0.39, 0.29) is 12.0 Å². The third kappa shape index (κ3) is 2.62. The summed E-state index contributed by atoms with van der Waals surface area (Å²) < 4.78 is 56.9. The zero-order valence-corrected chi connectivity index (χ0v) is 11.2. The average Bonchev–Trinajstić information content (AvgIpc) is 2.22. The smallest absolute Gasteiger partial charge is 0.197 e. The van der Waals surface area contributed by atoms with Gasteiger partial charge in [0.2, 0.25) is 0 Å². The predicted octanol–water partition coefficient (Wildman–Crippen LogP) is 1.86. The lowest BCUT2D eigenvalue weighted by molar-refractivity contribution is 0.122. The first-order valence-corrected chi connectivity index (χ1v) is 5.47. The molecular formula is C10H12F4OSi. The molecule has 1 rings (SSSR count). The second kappa shape index (κ2) is 4.55. The molecule has 6 heteroatoms. The Bertz CT molecular complexity index is 406. The van der Waals surface area contributed by atoms with Crippen molar-refractivity contribution in [1.29, 1.82) is 0 Å². The van der Waals surface area contributed by atoms with E-state index in [4.69, 9.17) is 4.43 Å². The lowest BCUT2D eigenvalue weighted by atomic mass is 9.98. The molecule has 1 nitrogen and oxygen atoms in total. The number of hydrogen-bond acceptors (Lipinski definition) is 1. The Kier molecular flexibility index (Phi) is 3.74. The molecule has 0 N–H and O–H groups in total. The van der Waals surface area contributed by atoms with Crippen LogP contribution < -0.4 is 0 Å². The number of benzene rings is 1. The van der Waals surface area contributed by atoms with Crippen LogP contribution in [0.5, 0.6) is 0 Å². The lowest BCUT2D eigenvalue weighted by Gasteiger charge is -2.24. The van der Waals surface area contributed by atoms with Gasteiger partial charge in [0.25, 0.3) is 0 Å². The highest BCUT2D eigenvalue weighted by atomic mass is 28.2. The molecule has 0 spiro atoms. The molecule has 16 heavy (non-hydrogen) atoms. The van der Waals surface area contributed by atoms with Crippen LogP contribution >= 0.6 is 0 Å². The standard InChI is InChI=1S/C10H12F4OSi/c1-10(2,15-16)4-5-3-6(11)8(13)9(14)7(5)12/h3H,4H2,1-2,16H3. The molecule has 0 radical (unpaired) electrons. The van der Waals surface area contributed by atoms with E-state index in [9.17, 15) is 17.6 Å². The maximum Gasteiger partial charge on any atom is 0.197 e. The van der Waals surface area contributed by atoms with Crippen molar-refractivity contribution in [3.8, 4) is 0 Å². The van der Waals surface area contributed by atoms with Crippen molar-refractivity contribution in [1.82, 2.24) is 0 Å². The van der Waals surface area contributed by atoms with Crippen molar-refractivity contribution in [2.24, 2.45) is 0 Å². The van der Waals surface area contributed by atoms with Gasteiger partial charge in [-0.05, 0) is 25.5 Å². The van der Waals surface area contributed by atoms with Gasteiger partial charge in [0.05, 0.1) is 5.60 Å². The van der Waals surface area contributed by atoms with Crippen LogP contribution in [0.4, 0.5) is 17.6 Å². The molecule has 0 bridgehead atoms. The Labute approximate surface area is 94.0 Å². The minimum atomic E-state index is -1.79. The summed E-state index contributed by atoms with van der Waals surface area (Å²) in [4.78, 5) is 0. The molecule has 1 aromatic rings. The Morgan fingerprint density at radius 3 is 2.19 bits per heavy atom. The van der Waals surface area contributed by atoms with E-state index in [0.29, 0.717) is 16.6 Å². The second-order valence-corrected chi connectivity index (χ2v) is 4.51. The molecule has 0 saturated carbocycles. The van der Waals surface area contributed by atoms with Gasteiger partial charge in [-0.2, -0.15) is 0 Å². The van der Waals surface area contributed by atoms with E-state index in [1.54, 1.807) is 13.8 Å². The quantitative estimate of drug-likeness (QED) is 0.345. The van der Waals surface area contributed by atoms with E-state index in [0.717, 1.165) is 0 Å². The largest absolute Gasteiger partial charge is 0.423 e. The normalized spacial score (nSPS) is 12.1. The minimum Gasteiger partial charge on any atom is -0.423 e. The number of hydrogen-bond donors (Lipinski definition) is 0. The monoisotopic (exact) mass is 252 g/mol. The van der Waals surface area contributed by atoms with Crippen LogP contribution in [0.1, 0.15) is 19.4 Å². The Morgan fingerprint density at radius 1 is 1.12 bits per heavy atom. The molecule has 0 amide bonds. The minimum absolute atomic E-state index is 0.0174. The van der Waals surface area contributed by atoms with E-state index >= 15 is 0 Å². The highest BCUT2D eigenvalue weighted by Crippen LogP contribution is 2.23. The van der Waals surface area contributed by atoms with Crippen LogP contribution in [0.25, 0.3) is 0 Å². The van der Waals surface area contributed by atoms with Crippen molar-refractivity contribution in [2.75, 3.05) is 0 Å². The third-order valence-electron chi connectivity index (χ3n) is 2.35. The fourth-order valence-electron chi connectivity index (χ4n) is 1.28. The molecule has 0 heterocycles. The summed E-state index contributed by atoms with van der Waals surface area (Å²) in [6.45, 7) is 3.33. The fraction of sp³-hybridized carbons (Fsp3) is 0.400. The van der Waals surface area contributed by atoms with E-state index in [1.807, 2.05) is 0 Å². The Morgan fingerprint density at radius 2 is 1.69 bits per heavy atom. The van der Waals surface area contributed by atoms with Crippen LogP contribution in [0.15, 0.2) is 6.07 Å². The molecule has 0 saturated heterocycles. The van der Waals surface area contributed by atoms with Crippen LogP contribution in [0, 0.1) is 23.3 Å². The van der Waals surface area contributed by atoms with E-state index < -0.39 is 28.9 Å². The van der Waals surface area contributed by atoms with Gasteiger partial charge in [-0.1, -0.05) is 0 Å². The summed E-state index contributed by atoms with van der Waals surface area (Å²) in [6.07, 6.45) is -0.0174.